The van der Waals surface area contributed by atoms with E-state index >= 15 is 0 Å². The topological polar surface area (TPSA) is 65.1 Å². The van der Waals surface area contributed by atoms with Gasteiger partial charge in [0.15, 0.2) is 0 Å². The highest BCUT2D eigenvalue weighted by molar-refractivity contribution is 5.75. The molecule has 0 N–H and O–H groups in total. The van der Waals surface area contributed by atoms with Gasteiger partial charge < -0.3 is 19.1 Å². The summed E-state index contributed by atoms with van der Waals surface area (Å²) in [4.78, 5) is 24.9. The second-order valence-corrected chi connectivity index (χ2v) is 4.86. The summed E-state index contributed by atoms with van der Waals surface area (Å²) in [5, 5.41) is 0. The number of carbonyl (C=O) groups excluding carboxylic acids is 2. The van der Waals surface area contributed by atoms with Crippen LogP contribution in [0.3, 0.4) is 0 Å². The lowest BCUT2D eigenvalue weighted by atomic mass is 10.1. The van der Waals surface area contributed by atoms with Crippen molar-refractivity contribution in [2.24, 2.45) is 5.92 Å². The van der Waals surface area contributed by atoms with Gasteiger partial charge in [0.2, 0.25) is 0 Å². The molecule has 1 aliphatic heterocycles. The molecule has 0 aromatic heterocycles. The Morgan fingerprint density at radius 2 is 1.95 bits per heavy atom. The Hall–Kier alpha value is -2.24. The minimum Gasteiger partial charge on any atom is -0.497 e. The van der Waals surface area contributed by atoms with Crippen molar-refractivity contribution in [2.75, 3.05) is 27.3 Å². The number of benzene rings is 1. The van der Waals surface area contributed by atoms with Crippen molar-refractivity contribution in [3.8, 4) is 5.75 Å². The van der Waals surface area contributed by atoms with Crippen LogP contribution in [0.5, 0.6) is 5.75 Å². The largest absolute Gasteiger partial charge is 0.497 e. The van der Waals surface area contributed by atoms with E-state index in [0.717, 1.165) is 11.3 Å². The zero-order chi connectivity index (χ0) is 15.2. The third-order valence-electron chi connectivity index (χ3n) is 3.50. The predicted molar refractivity (Wildman–Crippen MR) is 74.9 cm³/mol. The van der Waals surface area contributed by atoms with Gasteiger partial charge in [0.05, 0.1) is 20.1 Å². The molecule has 0 bridgehead atoms. The first-order valence-corrected chi connectivity index (χ1v) is 6.76. The van der Waals surface area contributed by atoms with Crippen LogP contribution in [0, 0.1) is 5.92 Å². The molecule has 1 heterocycles. The molecule has 1 amide bonds. The maximum atomic E-state index is 11.9. The van der Waals surface area contributed by atoms with Crippen molar-refractivity contribution in [2.45, 2.75) is 13.0 Å². The van der Waals surface area contributed by atoms with E-state index in [9.17, 15) is 9.59 Å². The summed E-state index contributed by atoms with van der Waals surface area (Å²) >= 11 is 0. The summed E-state index contributed by atoms with van der Waals surface area (Å²) in [5.41, 5.74) is 0.882. The first-order valence-electron chi connectivity index (χ1n) is 6.76. The molecule has 0 radical (unpaired) electrons. The maximum Gasteiger partial charge on any atom is 0.410 e. The van der Waals surface area contributed by atoms with Crippen LogP contribution in [0.1, 0.15) is 12.0 Å². The number of ether oxygens (including phenoxy) is 3. The number of methoxy groups -OCH3 is 2. The Morgan fingerprint density at radius 3 is 2.57 bits per heavy atom. The molecule has 2 rings (SSSR count). The van der Waals surface area contributed by atoms with Crippen LogP contribution >= 0.6 is 0 Å². The molecule has 6 nitrogen and oxygen atoms in total. The molecule has 1 aliphatic rings. The molecule has 1 aromatic carbocycles. The van der Waals surface area contributed by atoms with E-state index in [1.807, 2.05) is 24.3 Å². The van der Waals surface area contributed by atoms with E-state index < -0.39 is 6.09 Å². The van der Waals surface area contributed by atoms with Crippen LogP contribution < -0.4 is 4.74 Å². The SMILES string of the molecule is COC(=O)C1CCN(C(=O)OCc2ccc(OC)cc2)C1. The number of hydrogen-bond donors (Lipinski definition) is 0. The molecular formula is C15H19NO5. The van der Waals surface area contributed by atoms with Gasteiger partial charge in [-0.1, -0.05) is 12.1 Å². The molecule has 1 saturated heterocycles. The van der Waals surface area contributed by atoms with Crippen molar-refractivity contribution in [3.63, 3.8) is 0 Å². The summed E-state index contributed by atoms with van der Waals surface area (Å²) in [6, 6.07) is 7.30. The number of nitrogens with zero attached hydrogens (tertiary/aromatic N) is 1. The third-order valence-corrected chi connectivity index (χ3v) is 3.50. The average molecular weight is 293 g/mol. The maximum absolute atomic E-state index is 11.9. The highest BCUT2D eigenvalue weighted by atomic mass is 16.6. The van der Waals surface area contributed by atoms with Gasteiger partial charge in [0, 0.05) is 13.1 Å². The monoisotopic (exact) mass is 293 g/mol. The average Bonchev–Trinajstić information content (AvgIpc) is 3.02. The van der Waals surface area contributed by atoms with Crippen LogP contribution in [0.4, 0.5) is 4.79 Å². The lowest BCUT2D eigenvalue weighted by Gasteiger charge is -2.16. The molecular weight excluding hydrogens is 274 g/mol. The Bertz CT molecular complexity index is 499. The van der Waals surface area contributed by atoms with E-state index in [4.69, 9.17) is 9.47 Å². The van der Waals surface area contributed by atoms with Gasteiger partial charge >= 0.3 is 12.1 Å². The van der Waals surface area contributed by atoms with Crippen molar-refractivity contribution < 1.29 is 23.8 Å². The zero-order valence-electron chi connectivity index (χ0n) is 12.2. The fraction of sp³-hybridized carbons (Fsp3) is 0.467. The molecule has 21 heavy (non-hydrogen) atoms. The smallest absolute Gasteiger partial charge is 0.410 e. The fourth-order valence-corrected chi connectivity index (χ4v) is 2.24. The molecule has 6 heteroatoms. The molecule has 1 atom stereocenters. The lowest BCUT2D eigenvalue weighted by molar-refractivity contribution is -0.144. The molecule has 0 aliphatic carbocycles. The third kappa shape index (κ3) is 3.87. The van der Waals surface area contributed by atoms with E-state index in [0.29, 0.717) is 19.5 Å². The van der Waals surface area contributed by atoms with Crippen molar-refractivity contribution >= 4 is 12.1 Å². The molecule has 1 fully saturated rings. The van der Waals surface area contributed by atoms with Crippen molar-refractivity contribution in [1.82, 2.24) is 4.90 Å². The Morgan fingerprint density at radius 1 is 1.24 bits per heavy atom. The highest BCUT2D eigenvalue weighted by Crippen LogP contribution is 2.19. The Balaban J connectivity index is 1.80. The summed E-state index contributed by atoms with van der Waals surface area (Å²) in [6.07, 6.45) is 0.210. The van der Waals surface area contributed by atoms with E-state index in [-0.39, 0.29) is 18.5 Å². The quantitative estimate of drug-likeness (QED) is 0.792. The fourth-order valence-electron chi connectivity index (χ4n) is 2.24. The minimum absolute atomic E-state index is 0.197. The van der Waals surface area contributed by atoms with Crippen LogP contribution in [-0.4, -0.2) is 44.3 Å². The minimum atomic E-state index is -0.405. The highest BCUT2D eigenvalue weighted by Gasteiger charge is 2.32. The molecule has 1 unspecified atom stereocenters. The second-order valence-electron chi connectivity index (χ2n) is 4.86. The first-order chi connectivity index (χ1) is 10.1. The first kappa shape index (κ1) is 15.2. The standard InChI is InChI=1S/C15H19NO5/c1-19-13-5-3-11(4-6-13)10-21-15(18)16-8-7-12(9-16)14(17)20-2/h3-6,12H,7-10H2,1-2H3. The van der Waals surface area contributed by atoms with Crippen molar-refractivity contribution in [1.29, 1.82) is 0 Å². The van der Waals surface area contributed by atoms with E-state index in [2.05, 4.69) is 4.74 Å². The van der Waals surface area contributed by atoms with E-state index in [1.165, 1.54) is 12.0 Å². The number of carbonyl (C=O) groups is 2. The zero-order valence-corrected chi connectivity index (χ0v) is 12.2. The van der Waals surface area contributed by atoms with Crippen LogP contribution in [-0.2, 0) is 20.9 Å². The number of likely N-dealkylation sites (tertiary alicyclic amines) is 1. The number of esters is 1. The Labute approximate surface area is 123 Å². The van der Waals surface area contributed by atoms with Gasteiger partial charge in [0.1, 0.15) is 12.4 Å². The molecule has 114 valence electrons. The summed E-state index contributed by atoms with van der Waals surface area (Å²) < 4.78 is 15.0. The Kier molecular flexibility index (Phi) is 5.03. The van der Waals surface area contributed by atoms with Crippen LogP contribution in [0.15, 0.2) is 24.3 Å². The molecule has 0 spiro atoms. The normalized spacial score (nSPS) is 17.4. The summed E-state index contributed by atoms with van der Waals surface area (Å²) in [5.74, 6) is 0.231. The van der Waals surface area contributed by atoms with Gasteiger partial charge in [-0.25, -0.2) is 4.79 Å². The van der Waals surface area contributed by atoms with Crippen molar-refractivity contribution in [3.05, 3.63) is 29.8 Å². The van der Waals surface area contributed by atoms with Gasteiger partial charge in [-0.2, -0.15) is 0 Å². The molecule has 0 saturated carbocycles. The lowest BCUT2D eigenvalue weighted by Crippen LogP contribution is -2.30. The van der Waals surface area contributed by atoms with E-state index in [1.54, 1.807) is 7.11 Å². The van der Waals surface area contributed by atoms with Gasteiger partial charge in [-0.05, 0) is 24.1 Å². The molecule has 1 aromatic rings. The second kappa shape index (κ2) is 6.97. The number of hydrogen-bond acceptors (Lipinski definition) is 5. The summed E-state index contributed by atoms with van der Waals surface area (Å²) in [6.45, 7) is 1.07. The predicted octanol–water partition coefficient (Wildman–Crippen LogP) is 1.83. The van der Waals surface area contributed by atoms with Crippen LogP contribution in [0.25, 0.3) is 0 Å². The van der Waals surface area contributed by atoms with Gasteiger partial charge in [-0.3, -0.25) is 4.79 Å². The van der Waals surface area contributed by atoms with Gasteiger partial charge in [0.25, 0.3) is 0 Å². The number of rotatable bonds is 4. The van der Waals surface area contributed by atoms with Gasteiger partial charge in [-0.15, -0.1) is 0 Å². The number of amides is 1. The summed E-state index contributed by atoms with van der Waals surface area (Å²) in [7, 11) is 2.95. The van der Waals surface area contributed by atoms with Crippen LogP contribution in [0.2, 0.25) is 0 Å².